The second kappa shape index (κ2) is 9.97. The number of ether oxygens (including phenoxy) is 1. The van der Waals surface area contributed by atoms with Gasteiger partial charge in [-0.05, 0) is 43.3 Å². The van der Waals surface area contributed by atoms with Gasteiger partial charge in [0.05, 0.1) is 5.56 Å². The molecule has 1 aromatic heterocycles. The first-order valence-corrected chi connectivity index (χ1v) is 11.5. The smallest absolute Gasteiger partial charge is 0.264 e. The minimum absolute atomic E-state index is 0.0570. The number of piperazine rings is 1. The van der Waals surface area contributed by atoms with Gasteiger partial charge < -0.3 is 19.1 Å². The predicted molar refractivity (Wildman–Crippen MR) is 130 cm³/mol. The van der Waals surface area contributed by atoms with Gasteiger partial charge in [-0.2, -0.15) is 4.98 Å². The van der Waals surface area contributed by atoms with Crippen molar-refractivity contribution >= 4 is 11.6 Å². The van der Waals surface area contributed by atoms with Gasteiger partial charge in [0.25, 0.3) is 11.8 Å². The highest BCUT2D eigenvalue weighted by molar-refractivity contribution is 5.97. The van der Waals surface area contributed by atoms with E-state index in [-0.39, 0.29) is 18.3 Å². The lowest BCUT2D eigenvalue weighted by Crippen LogP contribution is -2.48. The molecule has 4 aromatic rings. The SMILES string of the molecule is Cc1ccc(-c2noc(COc3ccccc3C(=O)N3CCN(c4ccc(F)cc4)CC3)n2)cc1. The van der Waals surface area contributed by atoms with Gasteiger partial charge in [0.15, 0.2) is 6.61 Å². The number of para-hydroxylation sites is 1. The molecule has 35 heavy (non-hydrogen) atoms. The molecule has 1 amide bonds. The number of hydrogen-bond acceptors (Lipinski definition) is 6. The van der Waals surface area contributed by atoms with Crippen molar-refractivity contribution in [1.82, 2.24) is 15.0 Å². The zero-order chi connectivity index (χ0) is 24.2. The Labute approximate surface area is 202 Å². The number of amides is 1. The molecule has 0 radical (unpaired) electrons. The highest BCUT2D eigenvalue weighted by Crippen LogP contribution is 2.24. The van der Waals surface area contributed by atoms with Gasteiger partial charge in [-0.3, -0.25) is 4.79 Å². The highest BCUT2D eigenvalue weighted by atomic mass is 19.1. The van der Waals surface area contributed by atoms with E-state index in [1.807, 2.05) is 48.2 Å². The fourth-order valence-corrected chi connectivity index (χ4v) is 4.03. The van der Waals surface area contributed by atoms with Crippen LogP contribution in [0, 0.1) is 12.7 Å². The quantitative estimate of drug-likeness (QED) is 0.404. The Balaban J connectivity index is 1.22. The summed E-state index contributed by atoms with van der Waals surface area (Å²) < 4.78 is 24.5. The molecular weight excluding hydrogens is 447 g/mol. The Bertz CT molecular complexity index is 1300. The van der Waals surface area contributed by atoms with E-state index in [4.69, 9.17) is 9.26 Å². The van der Waals surface area contributed by atoms with Crippen LogP contribution in [0.4, 0.5) is 10.1 Å². The van der Waals surface area contributed by atoms with E-state index in [1.54, 1.807) is 24.3 Å². The van der Waals surface area contributed by atoms with Gasteiger partial charge in [0.2, 0.25) is 5.82 Å². The Morgan fingerprint density at radius 2 is 1.69 bits per heavy atom. The first-order chi connectivity index (χ1) is 17.1. The summed E-state index contributed by atoms with van der Waals surface area (Å²) in [4.78, 5) is 21.6. The van der Waals surface area contributed by atoms with Crippen LogP contribution in [0.25, 0.3) is 11.4 Å². The number of anilines is 1. The van der Waals surface area contributed by atoms with Crippen molar-refractivity contribution in [2.75, 3.05) is 31.1 Å². The summed E-state index contributed by atoms with van der Waals surface area (Å²) in [6.07, 6.45) is 0. The van der Waals surface area contributed by atoms with Crippen molar-refractivity contribution in [1.29, 1.82) is 0 Å². The Hall–Kier alpha value is -4.20. The van der Waals surface area contributed by atoms with Crippen molar-refractivity contribution in [2.24, 2.45) is 0 Å². The van der Waals surface area contributed by atoms with Crippen LogP contribution in [0.1, 0.15) is 21.8 Å². The summed E-state index contributed by atoms with van der Waals surface area (Å²) in [7, 11) is 0. The number of nitrogens with zero attached hydrogens (tertiary/aromatic N) is 4. The van der Waals surface area contributed by atoms with Crippen LogP contribution < -0.4 is 9.64 Å². The molecule has 7 nitrogen and oxygen atoms in total. The zero-order valence-corrected chi connectivity index (χ0v) is 19.4. The van der Waals surface area contributed by atoms with Crippen LogP contribution in [0.15, 0.2) is 77.3 Å². The molecule has 0 bridgehead atoms. The molecule has 3 aromatic carbocycles. The van der Waals surface area contributed by atoms with E-state index in [1.165, 1.54) is 12.1 Å². The number of benzene rings is 3. The van der Waals surface area contributed by atoms with Crippen molar-refractivity contribution in [3.05, 3.63) is 95.6 Å². The van der Waals surface area contributed by atoms with Crippen molar-refractivity contribution < 1.29 is 18.4 Å². The van der Waals surface area contributed by atoms with Crippen molar-refractivity contribution in [3.63, 3.8) is 0 Å². The molecule has 2 heterocycles. The number of hydrogen-bond donors (Lipinski definition) is 0. The topological polar surface area (TPSA) is 71.7 Å². The van der Waals surface area contributed by atoms with E-state index in [9.17, 15) is 9.18 Å². The molecule has 0 spiro atoms. The zero-order valence-electron chi connectivity index (χ0n) is 19.4. The van der Waals surface area contributed by atoms with E-state index in [0.29, 0.717) is 49.2 Å². The minimum Gasteiger partial charge on any atom is -0.483 e. The van der Waals surface area contributed by atoms with Gasteiger partial charge in [-0.25, -0.2) is 4.39 Å². The number of carbonyl (C=O) groups is 1. The van der Waals surface area contributed by atoms with Crippen molar-refractivity contribution in [2.45, 2.75) is 13.5 Å². The maximum atomic E-state index is 13.3. The molecule has 0 aliphatic carbocycles. The normalized spacial score (nSPS) is 13.7. The lowest BCUT2D eigenvalue weighted by molar-refractivity contribution is 0.0741. The number of halogens is 1. The first-order valence-electron chi connectivity index (χ1n) is 11.5. The standard InChI is InChI=1S/C27H25FN4O3/c1-19-6-8-20(9-7-19)26-29-25(35-30-26)18-34-24-5-3-2-4-23(24)27(33)32-16-14-31(15-17-32)22-12-10-21(28)11-13-22/h2-13H,14-18H2,1H3. The summed E-state index contributed by atoms with van der Waals surface area (Å²) in [5, 5.41) is 4.03. The van der Waals surface area contributed by atoms with E-state index < -0.39 is 0 Å². The second-order valence-corrected chi connectivity index (χ2v) is 8.42. The number of aromatic nitrogens is 2. The van der Waals surface area contributed by atoms with Gasteiger partial charge in [-0.1, -0.05) is 47.1 Å². The maximum absolute atomic E-state index is 13.3. The Kier molecular flexibility index (Phi) is 6.43. The molecule has 8 heteroatoms. The summed E-state index contributed by atoms with van der Waals surface area (Å²) in [6, 6.07) is 21.4. The van der Waals surface area contributed by atoms with E-state index in [2.05, 4.69) is 15.0 Å². The number of rotatable bonds is 6. The van der Waals surface area contributed by atoms with Crippen molar-refractivity contribution in [3.8, 4) is 17.1 Å². The summed E-state index contributed by atoms with van der Waals surface area (Å²) in [5.41, 5.74) is 3.45. The van der Waals surface area contributed by atoms with E-state index in [0.717, 1.165) is 16.8 Å². The molecule has 0 atom stereocenters. The largest absolute Gasteiger partial charge is 0.483 e. The first kappa shape index (κ1) is 22.6. The predicted octanol–water partition coefficient (Wildman–Crippen LogP) is 4.73. The van der Waals surface area contributed by atoms with Gasteiger partial charge in [-0.15, -0.1) is 0 Å². The molecule has 178 valence electrons. The van der Waals surface area contributed by atoms with Crippen LogP contribution in [-0.4, -0.2) is 47.1 Å². The lowest BCUT2D eigenvalue weighted by atomic mass is 10.1. The lowest BCUT2D eigenvalue weighted by Gasteiger charge is -2.36. The van der Waals surface area contributed by atoms with Gasteiger partial charge >= 0.3 is 0 Å². The third-order valence-electron chi connectivity index (χ3n) is 6.01. The fourth-order valence-electron chi connectivity index (χ4n) is 4.03. The van der Waals surface area contributed by atoms with Gasteiger partial charge in [0, 0.05) is 37.4 Å². The summed E-state index contributed by atoms with van der Waals surface area (Å²) in [5.74, 6) is 0.938. The van der Waals surface area contributed by atoms with Crippen LogP contribution in [0.5, 0.6) is 5.75 Å². The molecular formula is C27H25FN4O3. The van der Waals surface area contributed by atoms with Gasteiger partial charge in [0.1, 0.15) is 11.6 Å². The number of carbonyl (C=O) groups excluding carboxylic acids is 1. The molecule has 0 N–H and O–H groups in total. The van der Waals surface area contributed by atoms with Crippen LogP contribution in [0.2, 0.25) is 0 Å². The second-order valence-electron chi connectivity index (χ2n) is 8.42. The third-order valence-corrected chi connectivity index (χ3v) is 6.01. The Morgan fingerprint density at radius 1 is 0.971 bits per heavy atom. The van der Waals surface area contributed by atoms with Crippen LogP contribution in [-0.2, 0) is 6.61 Å². The minimum atomic E-state index is -0.258. The number of aryl methyl sites for hydroxylation is 1. The molecule has 1 saturated heterocycles. The fraction of sp³-hybridized carbons (Fsp3) is 0.222. The molecule has 1 aliphatic rings. The Morgan fingerprint density at radius 3 is 2.43 bits per heavy atom. The summed E-state index contributed by atoms with van der Waals surface area (Å²) in [6.45, 7) is 4.54. The molecule has 1 fully saturated rings. The highest BCUT2D eigenvalue weighted by Gasteiger charge is 2.24. The monoisotopic (exact) mass is 472 g/mol. The molecule has 0 saturated carbocycles. The van der Waals surface area contributed by atoms with Crippen LogP contribution >= 0.6 is 0 Å². The molecule has 1 aliphatic heterocycles. The van der Waals surface area contributed by atoms with E-state index >= 15 is 0 Å². The third kappa shape index (κ3) is 5.16. The molecule has 0 unspecified atom stereocenters. The maximum Gasteiger partial charge on any atom is 0.264 e. The summed E-state index contributed by atoms with van der Waals surface area (Å²) >= 11 is 0. The average Bonchev–Trinajstić information content (AvgIpc) is 3.37. The average molecular weight is 473 g/mol. The molecule has 5 rings (SSSR count). The van der Waals surface area contributed by atoms with Crippen LogP contribution in [0.3, 0.4) is 0 Å².